The summed E-state index contributed by atoms with van der Waals surface area (Å²) in [6.45, 7) is 6.17. The fourth-order valence-electron chi connectivity index (χ4n) is 3.94. The van der Waals surface area contributed by atoms with Crippen molar-refractivity contribution in [3.63, 3.8) is 0 Å². The zero-order valence-corrected chi connectivity index (χ0v) is 18.1. The molecule has 32 heavy (non-hydrogen) atoms. The number of para-hydroxylation sites is 1. The zero-order chi connectivity index (χ0) is 22.2. The lowest BCUT2D eigenvalue weighted by atomic mass is 10.2. The Morgan fingerprint density at radius 3 is 2.34 bits per heavy atom. The summed E-state index contributed by atoms with van der Waals surface area (Å²) in [6.07, 6.45) is 1.55. The number of hydrogen-bond donors (Lipinski definition) is 1. The van der Waals surface area contributed by atoms with Crippen LogP contribution in [0.3, 0.4) is 0 Å². The van der Waals surface area contributed by atoms with Crippen molar-refractivity contribution in [2.75, 3.05) is 5.32 Å². The molecule has 0 amide bonds. The number of nitrogens with one attached hydrogen (secondary N) is 1. The molecule has 6 nitrogen and oxygen atoms in total. The molecule has 0 atom stereocenters. The third-order valence-electron chi connectivity index (χ3n) is 5.45. The Kier molecular flexibility index (Phi) is 4.93. The van der Waals surface area contributed by atoms with E-state index in [0.29, 0.717) is 0 Å². The van der Waals surface area contributed by atoms with Crippen molar-refractivity contribution in [1.29, 1.82) is 0 Å². The minimum atomic E-state index is -0.257. The quantitative estimate of drug-likeness (QED) is 0.371. The SMILES string of the molecule is Cc1ncnn1-c1ccc(Nc2cccc3c2nc(-c2ccc(F)cc2)n3C(C)C)cc1. The summed E-state index contributed by atoms with van der Waals surface area (Å²) in [6, 6.07) is 20.8. The summed E-state index contributed by atoms with van der Waals surface area (Å²) in [5, 5.41) is 7.75. The first-order valence-electron chi connectivity index (χ1n) is 10.5. The van der Waals surface area contributed by atoms with E-state index in [2.05, 4.69) is 39.9 Å². The molecule has 0 fully saturated rings. The summed E-state index contributed by atoms with van der Waals surface area (Å²) < 4.78 is 17.4. The minimum absolute atomic E-state index is 0.195. The summed E-state index contributed by atoms with van der Waals surface area (Å²) in [5.74, 6) is 1.40. The van der Waals surface area contributed by atoms with Crippen LogP contribution >= 0.6 is 0 Å². The molecular formula is C25H23FN6. The molecule has 1 N–H and O–H groups in total. The third kappa shape index (κ3) is 3.51. The monoisotopic (exact) mass is 426 g/mol. The second-order valence-corrected chi connectivity index (χ2v) is 7.97. The average molecular weight is 426 g/mol. The van der Waals surface area contributed by atoms with Gasteiger partial charge < -0.3 is 9.88 Å². The van der Waals surface area contributed by atoms with E-state index >= 15 is 0 Å². The molecule has 0 aliphatic heterocycles. The minimum Gasteiger partial charge on any atom is -0.354 e. The first-order chi connectivity index (χ1) is 15.5. The molecule has 0 bridgehead atoms. The number of aryl methyl sites for hydroxylation is 1. The molecule has 0 saturated heterocycles. The van der Waals surface area contributed by atoms with Crippen LogP contribution in [0.4, 0.5) is 15.8 Å². The molecule has 3 aromatic carbocycles. The molecule has 5 aromatic rings. The Balaban J connectivity index is 1.54. The highest BCUT2D eigenvalue weighted by Gasteiger charge is 2.17. The van der Waals surface area contributed by atoms with Crippen molar-refractivity contribution in [3.8, 4) is 17.1 Å². The molecule has 0 aliphatic carbocycles. The van der Waals surface area contributed by atoms with Crippen LogP contribution in [0.1, 0.15) is 25.7 Å². The maximum Gasteiger partial charge on any atom is 0.141 e. The predicted octanol–water partition coefficient (Wildman–Crippen LogP) is 6.06. The van der Waals surface area contributed by atoms with E-state index in [4.69, 9.17) is 4.98 Å². The molecular weight excluding hydrogens is 403 g/mol. The van der Waals surface area contributed by atoms with Crippen molar-refractivity contribution < 1.29 is 4.39 Å². The Morgan fingerprint density at radius 1 is 0.938 bits per heavy atom. The van der Waals surface area contributed by atoms with Crippen molar-refractivity contribution >= 4 is 22.4 Å². The number of rotatable bonds is 5. The molecule has 160 valence electrons. The third-order valence-corrected chi connectivity index (χ3v) is 5.45. The van der Waals surface area contributed by atoms with E-state index in [1.165, 1.54) is 12.1 Å². The van der Waals surface area contributed by atoms with Gasteiger partial charge >= 0.3 is 0 Å². The highest BCUT2D eigenvalue weighted by atomic mass is 19.1. The molecule has 0 saturated carbocycles. The van der Waals surface area contributed by atoms with E-state index in [9.17, 15) is 4.39 Å². The number of imidazole rings is 1. The summed E-state index contributed by atoms with van der Waals surface area (Å²) in [7, 11) is 0. The van der Waals surface area contributed by atoms with E-state index in [-0.39, 0.29) is 11.9 Å². The van der Waals surface area contributed by atoms with E-state index in [1.807, 2.05) is 43.3 Å². The van der Waals surface area contributed by atoms with Crippen molar-refractivity contribution in [2.24, 2.45) is 0 Å². The van der Waals surface area contributed by atoms with Gasteiger partial charge in [-0.3, -0.25) is 0 Å². The van der Waals surface area contributed by atoms with E-state index < -0.39 is 0 Å². The van der Waals surface area contributed by atoms with Crippen LogP contribution in [0.15, 0.2) is 73.1 Å². The Hall–Kier alpha value is -4.00. The lowest BCUT2D eigenvalue weighted by Crippen LogP contribution is -2.03. The lowest BCUT2D eigenvalue weighted by Gasteiger charge is -2.13. The standard InChI is InChI=1S/C25H23FN6/c1-16(2)31-23-6-4-5-22(24(23)30-25(31)18-7-9-19(26)10-8-18)29-20-11-13-21(14-12-20)32-17(3)27-15-28-32/h4-16,29H,1-3H3. The Morgan fingerprint density at radius 2 is 1.69 bits per heavy atom. The fraction of sp³-hybridized carbons (Fsp3) is 0.160. The molecule has 5 rings (SSSR count). The van der Waals surface area contributed by atoms with Crippen molar-refractivity contribution in [3.05, 3.63) is 84.7 Å². The number of benzene rings is 3. The fourth-order valence-corrected chi connectivity index (χ4v) is 3.94. The number of aromatic nitrogens is 5. The van der Waals surface area contributed by atoms with Gasteiger partial charge in [0.1, 0.15) is 29.3 Å². The molecule has 2 aromatic heterocycles. The molecule has 2 heterocycles. The summed E-state index contributed by atoms with van der Waals surface area (Å²) in [5.41, 5.74) is 5.59. The predicted molar refractivity (Wildman–Crippen MR) is 125 cm³/mol. The van der Waals surface area contributed by atoms with Crippen molar-refractivity contribution in [2.45, 2.75) is 26.8 Å². The maximum atomic E-state index is 13.5. The van der Waals surface area contributed by atoms with Gasteiger partial charge in [-0.1, -0.05) is 6.07 Å². The second kappa shape index (κ2) is 7.92. The summed E-state index contributed by atoms with van der Waals surface area (Å²) in [4.78, 5) is 9.13. The largest absolute Gasteiger partial charge is 0.354 e. The highest BCUT2D eigenvalue weighted by molar-refractivity contribution is 5.93. The van der Waals surface area contributed by atoms with Crippen molar-refractivity contribution in [1.82, 2.24) is 24.3 Å². The maximum absolute atomic E-state index is 13.5. The second-order valence-electron chi connectivity index (χ2n) is 7.97. The molecule has 0 radical (unpaired) electrons. The number of anilines is 2. The van der Waals surface area contributed by atoms with Gasteiger partial charge in [0.15, 0.2) is 0 Å². The van der Waals surface area contributed by atoms with Crippen LogP contribution in [0.2, 0.25) is 0 Å². The van der Waals surface area contributed by atoms with Gasteiger partial charge in [-0.05, 0) is 81.4 Å². The Labute approximate surface area is 185 Å². The van der Waals surface area contributed by atoms with E-state index in [1.54, 1.807) is 23.1 Å². The Bertz CT molecular complexity index is 1380. The van der Waals surface area contributed by atoms with Gasteiger partial charge in [0.2, 0.25) is 0 Å². The van der Waals surface area contributed by atoms with Crippen LogP contribution in [0.5, 0.6) is 0 Å². The first kappa shape index (κ1) is 19.9. The van der Waals surface area contributed by atoms with Gasteiger partial charge in [-0.15, -0.1) is 0 Å². The smallest absolute Gasteiger partial charge is 0.141 e. The average Bonchev–Trinajstić information content (AvgIpc) is 3.39. The number of nitrogens with zero attached hydrogens (tertiary/aromatic N) is 5. The van der Waals surface area contributed by atoms with Gasteiger partial charge in [0, 0.05) is 17.3 Å². The molecule has 0 unspecified atom stereocenters. The van der Waals surface area contributed by atoms with Gasteiger partial charge in [-0.2, -0.15) is 5.10 Å². The number of fused-ring (bicyclic) bond motifs is 1. The topological polar surface area (TPSA) is 60.6 Å². The number of halogens is 1. The number of hydrogen-bond acceptors (Lipinski definition) is 4. The summed E-state index contributed by atoms with van der Waals surface area (Å²) >= 11 is 0. The lowest BCUT2D eigenvalue weighted by molar-refractivity contribution is 0.621. The van der Waals surface area contributed by atoms with Gasteiger partial charge in [0.25, 0.3) is 0 Å². The molecule has 0 spiro atoms. The van der Waals surface area contributed by atoms with Crippen LogP contribution in [0.25, 0.3) is 28.1 Å². The molecule has 7 heteroatoms. The van der Waals surface area contributed by atoms with Crippen LogP contribution < -0.4 is 5.32 Å². The van der Waals surface area contributed by atoms with Crippen LogP contribution in [0, 0.1) is 12.7 Å². The zero-order valence-electron chi connectivity index (χ0n) is 18.1. The first-order valence-corrected chi connectivity index (χ1v) is 10.5. The van der Waals surface area contributed by atoms with E-state index in [0.717, 1.165) is 45.3 Å². The molecule has 0 aliphatic rings. The normalized spacial score (nSPS) is 11.4. The van der Waals surface area contributed by atoms with Crippen LogP contribution in [-0.4, -0.2) is 24.3 Å². The highest BCUT2D eigenvalue weighted by Crippen LogP contribution is 2.33. The van der Waals surface area contributed by atoms with Crippen LogP contribution in [-0.2, 0) is 0 Å². The van der Waals surface area contributed by atoms with Gasteiger partial charge in [0.05, 0.1) is 16.9 Å². The van der Waals surface area contributed by atoms with Gasteiger partial charge in [-0.25, -0.2) is 19.0 Å².